The van der Waals surface area contributed by atoms with Crippen molar-refractivity contribution < 1.29 is 4.92 Å². The first-order valence-corrected chi connectivity index (χ1v) is 5.81. The Balaban J connectivity index is 2.14. The van der Waals surface area contributed by atoms with Crippen molar-refractivity contribution in [2.45, 2.75) is 20.4 Å². The predicted octanol–water partition coefficient (Wildman–Crippen LogP) is 1.95. The summed E-state index contributed by atoms with van der Waals surface area (Å²) in [7, 11) is 1.87. The molecule has 0 unspecified atom stereocenters. The number of aromatic nitrogens is 3. The van der Waals surface area contributed by atoms with Crippen molar-refractivity contribution in [2.24, 2.45) is 7.05 Å². The topological polar surface area (TPSA) is 85.9 Å². The monoisotopic (exact) mass is 261 g/mol. The second-order valence-corrected chi connectivity index (χ2v) is 4.35. The summed E-state index contributed by atoms with van der Waals surface area (Å²) >= 11 is 0. The van der Waals surface area contributed by atoms with Gasteiger partial charge in [0.2, 0.25) is 0 Å². The summed E-state index contributed by atoms with van der Waals surface area (Å²) in [6.07, 6.45) is 3.27. The van der Waals surface area contributed by atoms with Gasteiger partial charge in [0.1, 0.15) is 5.82 Å². The van der Waals surface area contributed by atoms with Crippen LogP contribution in [-0.2, 0) is 13.6 Å². The van der Waals surface area contributed by atoms with Crippen LogP contribution in [0.5, 0.6) is 0 Å². The van der Waals surface area contributed by atoms with Crippen LogP contribution in [0, 0.1) is 24.0 Å². The quantitative estimate of drug-likeness (QED) is 0.671. The molecule has 0 aliphatic carbocycles. The summed E-state index contributed by atoms with van der Waals surface area (Å²) in [4.78, 5) is 14.6. The van der Waals surface area contributed by atoms with Gasteiger partial charge in [-0.1, -0.05) is 0 Å². The highest BCUT2D eigenvalue weighted by Gasteiger charge is 2.12. The van der Waals surface area contributed by atoms with Crippen molar-refractivity contribution in [3.05, 3.63) is 45.4 Å². The van der Waals surface area contributed by atoms with Gasteiger partial charge in [-0.25, -0.2) is 4.98 Å². The standard InChI is InChI=1S/C12H15N5O2/c1-8-5-13-12(4-11(8)17(18)19)14-6-10-7-15-16(3)9(10)2/h4-5,7H,6H2,1-3H3,(H,13,14). The third-order valence-electron chi connectivity index (χ3n) is 3.07. The minimum Gasteiger partial charge on any atom is -0.366 e. The Labute approximate surface area is 110 Å². The van der Waals surface area contributed by atoms with Crippen LogP contribution in [-0.4, -0.2) is 19.7 Å². The highest BCUT2D eigenvalue weighted by atomic mass is 16.6. The van der Waals surface area contributed by atoms with Gasteiger partial charge in [0, 0.05) is 36.6 Å². The fourth-order valence-electron chi connectivity index (χ4n) is 1.71. The van der Waals surface area contributed by atoms with Crippen LogP contribution < -0.4 is 5.32 Å². The van der Waals surface area contributed by atoms with E-state index in [0.29, 0.717) is 17.9 Å². The maximum Gasteiger partial charge on any atom is 0.277 e. The summed E-state index contributed by atoms with van der Waals surface area (Å²) in [5.41, 5.74) is 2.70. The molecule has 0 saturated carbocycles. The molecule has 19 heavy (non-hydrogen) atoms. The summed E-state index contributed by atoms with van der Waals surface area (Å²) in [5, 5.41) is 18.0. The molecule has 7 nitrogen and oxygen atoms in total. The van der Waals surface area contributed by atoms with Crippen molar-refractivity contribution in [1.29, 1.82) is 0 Å². The SMILES string of the molecule is Cc1cnc(NCc2cnn(C)c2C)cc1[N+](=O)[O-]. The lowest BCUT2D eigenvalue weighted by Gasteiger charge is -2.06. The lowest BCUT2D eigenvalue weighted by molar-refractivity contribution is -0.385. The van der Waals surface area contributed by atoms with Gasteiger partial charge >= 0.3 is 0 Å². The fourth-order valence-corrected chi connectivity index (χ4v) is 1.71. The highest BCUT2D eigenvalue weighted by Crippen LogP contribution is 2.20. The minimum atomic E-state index is -0.405. The number of hydrogen-bond donors (Lipinski definition) is 1. The van der Waals surface area contributed by atoms with E-state index in [4.69, 9.17) is 0 Å². The molecule has 0 bridgehead atoms. The number of nitrogens with zero attached hydrogens (tertiary/aromatic N) is 4. The average molecular weight is 261 g/mol. The molecule has 0 radical (unpaired) electrons. The van der Waals surface area contributed by atoms with Crippen LogP contribution in [0.15, 0.2) is 18.5 Å². The molecule has 0 fully saturated rings. The largest absolute Gasteiger partial charge is 0.366 e. The lowest BCUT2D eigenvalue weighted by Crippen LogP contribution is -2.04. The highest BCUT2D eigenvalue weighted by molar-refractivity contribution is 5.49. The Kier molecular flexibility index (Phi) is 3.46. The van der Waals surface area contributed by atoms with Gasteiger partial charge < -0.3 is 5.32 Å². The van der Waals surface area contributed by atoms with E-state index in [1.807, 2.05) is 14.0 Å². The molecule has 0 amide bonds. The van der Waals surface area contributed by atoms with Crippen LogP contribution in [0.4, 0.5) is 11.5 Å². The van der Waals surface area contributed by atoms with Crippen molar-refractivity contribution in [1.82, 2.24) is 14.8 Å². The van der Waals surface area contributed by atoms with Gasteiger partial charge in [0.15, 0.2) is 0 Å². The molecule has 100 valence electrons. The molecule has 2 aromatic rings. The van der Waals surface area contributed by atoms with Crippen LogP contribution >= 0.6 is 0 Å². The number of aryl methyl sites for hydroxylation is 2. The van der Waals surface area contributed by atoms with E-state index in [0.717, 1.165) is 11.3 Å². The van der Waals surface area contributed by atoms with Gasteiger partial charge in [-0.15, -0.1) is 0 Å². The van der Waals surface area contributed by atoms with E-state index in [2.05, 4.69) is 15.4 Å². The van der Waals surface area contributed by atoms with Crippen molar-refractivity contribution in [2.75, 3.05) is 5.32 Å². The van der Waals surface area contributed by atoms with E-state index < -0.39 is 4.92 Å². The summed E-state index contributed by atoms with van der Waals surface area (Å²) in [6.45, 7) is 4.17. The second-order valence-electron chi connectivity index (χ2n) is 4.35. The molecular formula is C12H15N5O2. The maximum absolute atomic E-state index is 10.8. The Morgan fingerprint density at radius 3 is 2.74 bits per heavy atom. The van der Waals surface area contributed by atoms with E-state index in [1.165, 1.54) is 12.3 Å². The summed E-state index contributed by atoms with van der Waals surface area (Å²) in [6, 6.07) is 1.45. The first-order chi connectivity index (χ1) is 8.99. The second kappa shape index (κ2) is 5.05. The average Bonchev–Trinajstić information content (AvgIpc) is 2.69. The normalized spacial score (nSPS) is 10.5. The number of hydrogen-bond acceptors (Lipinski definition) is 5. The van der Waals surface area contributed by atoms with Crippen LogP contribution in [0.25, 0.3) is 0 Å². The molecular weight excluding hydrogens is 246 g/mol. The Hall–Kier alpha value is -2.44. The van der Waals surface area contributed by atoms with Gasteiger partial charge in [-0.3, -0.25) is 14.8 Å². The fraction of sp³-hybridized carbons (Fsp3) is 0.333. The third kappa shape index (κ3) is 2.70. The number of rotatable bonds is 4. The zero-order valence-electron chi connectivity index (χ0n) is 11.0. The molecule has 0 aliphatic rings. The first-order valence-electron chi connectivity index (χ1n) is 5.81. The van der Waals surface area contributed by atoms with E-state index in [-0.39, 0.29) is 5.69 Å². The van der Waals surface area contributed by atoms with Crippen molar-refractivity contribution in [3.8, 4) is 0 Å². The van der Waals surface area contributed by atoms with Gasteiger partial charge in [0.25, 0.3) is 5.69 Å². The van der Waals surface area contributed by atoms with Gasteiger partial charge in [-0.05, 0) is 13.8 Å². The molecule has 0 saturated heterocycles. The Morgan fingerprint density at radius 1 is 1.42 bits per heavy atom. The van der Waals surface area contributed by atoms with E-state index >= 15 is 0 Å². The Morgan fingerprint density at radius 2 is 2.16 bits per heavy atom. The molecule has 0 aliphatic heterocycles. The minimum absolute atomic E-state index is 0.0698. The smallest absolute Gasteiger partial charge is 0.277 e. The first kappa shape index (κ1) is 13.0. The molecule has 0 aromatic carbocycles. The molecule has 2 rings (SSSR count). The molecule has 2 aromatic heterocycles. The number of anilines is 1. The Bertz CT molecular complexity index is 621. The van der Waals surface area contributed by atoms with E-state index in [1.54, 1.807) is 17.8 Å². The number of nitro groups is 1. The lowest BCUT2D eigenvalue weighted by atomic mass is 10.2. The summed E-state index contributed by atoms with van der Waals surface area (Å²) in [5.74, 6) is 0.487. The molecule has 1 N–H and O–H groups in total. The molecule has 2 heterocycles. The van der Waals surface area contributed by atoms with Crippen molar-refractivity contribution in [3.63, 3.8) is 0 Å². The maximum atomic E-state index is 10.8. The molecule has 7 heteroatoms. The zero-order chi connectivity index (χ0) is 14.0. The third-order valence-corrected chi connectivity index (χ3v) is 3.07. The number of pyridine rings is 1. The number of nitrogens with one attached hydrogen (secondary N) is 1. The van der Waals surface area contributed by atoms with E-state index in [9.17, 15) is 10.1 Å². The van der Waals surface area contributed by atoms with Crippen LogP contribution in [0.2, 0.25) is 0 Å². The van der Waals surface area contributed by atoms with Crippen LogP contribution in [0.3, 0.4) is 0 Å². The predicted molar refractivity (Wildman–Crippen MR) is 70.9 cm³/mol. The summed E-state index contributed by atoms with van der Waals surface area (Å²) < 4.78 is 1.78. The zero-order valence-corrected chi connectivity index (χ0v) is 11.0. The van der Waals surface area contributed by atoms with Gasteiger partial charge in [0.05, 0.1) is 17.2 Å². The van der Waals surface area contributed by atoms with Crippen LogP contribution in [0.1, 0.15) is 16.8 Å². The molecule has 0 atom stereocenters. The molecule has 0 spiro atoms. The van der Waals surface area contributed by atoms with Gasteiger partial charge in [-0.2, -0.15) is 5.10 Å². The van der Waals surface area contributed by atoms with Crippen molar-refractivity contribution >= 4 is 11.5 Å².